The van der Waals surface area contributed by atoms with Crippen LogP contribution in [-0.2, 0) is 23.7 Å². The van der Waals surface area contributed by atoms with E-state index in [1.54, 1.807) is 0 Å². The molecule has 1 aliphatic rings. The molecule has 9 heteroatoms. The molecule has 132 valence electrons. The van der Waals surface area contributed by atoms with Gasteiger partial charge in [-0.25, -0.2) is 0 Å². The number of aliphatic hydroxyl groups excluding tert-OH is 1. The molecule has 0 unspecified atom stereocenters. The monoisotopic (exact) mass is 323 g/mol. The van der Waals surface area contributed by atoms with Crippen LogP contribution in [0.25, 0.3) is 0 Å². The highest BCUT2D eigenvalue weighted by Crippen LogP contribution is 2.28. The summed E-state index contributed by atoms with van der Waals surface area (Å²) in [6.07, 6.45) is -2.86. The van der Waals surface area contributed by atoms with Gasteiger partial charge in [0.25, 0.3) is 0 Å². The summed E-state index contributed by atoms with van der Waals surface area (Å²) in [4.78, 5) is 0. The first-order valence-electron chi connectivity index (χ1n) is 7.47. The Morgan fingerprint density at radius 2 is 1.36 bits per heavy atom. The van der Waals surface area contributed by atoms with Crippen molar-refractivity contribution in [3.8, 4) is 0 Å². The maximum atomic E-state index is 9.55. The average molecular weight is 323 g/mol. The van der Waals surface area contributed by atoms with Crippen LogP contribution in [0.2, 0.25) is 0 Å². The SMILES string of the molecule is CO[C@@H]1O[C@H](CO)[C@H](OCCN)[C@H](OCCN)[C@H]1OCCN. The van der Waals surface area contributed by atoms with Crippen LogP contribution in [0.3, 0.4) is 0 Å². The largest absolute Gasteiger partial charge is 0.394 e. The molecule has 0 aromatic heterocycles. The first-order chi connectivity index (χ1) is 10.7. The van der Waals surface area contributed by atoms with Crippen LogP contribution in [0, 0.1) is 0 Å². The lowest BCUT2D eigenvalue weighted by Crippen LogP contribution is -2.62. The van der Waals surface area contributed by atoms with E-state index in [4.69, 9.17) is 40.9 Å². The second kappa shape index (κ2) is 11.2. The standard InChI is InChI=1S/C13H29N3O6/c1-18-13-12(21-7-4-16)11(20-6-3-15)10(19-5-2-14)9(8-17)22-13/h9-13,17H,2-8,14-16H2,1H3/t9-,10+,11+,12-,13-/m1/s1. The van der Waals surface area contributed by atoms with Gasteiger partial charge in [-0.1, -0.05) is 0 Å². The van der Waals surface area contributed by atoms with Crippen molar-refractivity contribution in [3.05, 3.63) is 0 Å². The van der Waals surface area contributed by atoms with Gasteiger partial charge in [-0.05, 0) is 0 Å². The summed E-state index contributed by atoms with van der Waals surface area (Å²) in [5.74, 6) is 0. The Bertz CT molecular complexity index is 265. The zero-order chi connectivity index (χ0) is 16.4. The summed E-state index contributed by atoms with van der Waals surface area (Å²) in [7, 11) is 1.50. The number of methoxy groups -OCH3 is 1. The maximum absolute atomic E-state index is 9.55. The van der Waals surface area contributed by atoms with E-state index in [-0.39, 0.29) is 6.61 Å². The summed E-state index contributed by atoms with van der Waals surface area (Å²) in [6.45, 7) is 1.78. The zero-order valence-electron chi connectivity index (χ0n) is 13.1. The lowest BCUT2D eigenvalue weighted by atomic mass is 9.98. The number of rotatable bonds is 11. The fraction of sp³-hybridized carbons (Fsp3) is 1.00. The van der Waals surface area contributed by atoms with Crippen LogP contribution in [0.4, 0.5) is 0 Å². The Kier molecular flexibility index (Phi) is 10.0. The van der Waals surface area contributed by atoms with E-state index < -0.39 is 30.7 Å². The van der Waals surface area contributed by atoms with Gasteiger partial charge >= 0.3 is 0 Å². The molecular weight excluding hydrogens is 294 g/mol. The fourth-order valence-electron chi connectivity index (χ4n) is 2.39. The van der Waals surface area contributed by atoms with E-state index in [1.807, 2.05) is 0 Å². The van der Waals surface area contributed by atoms with Gasteiger partial charge in [0, 0.05) is 26.7 Å². The smallest absolute Gasteiger partial charge is 0.186 e. The van der Waals surface area contributed by atoms with Crippen LogP contribution >= 0.6 is 0 Å². The molecule has 0 aromatic carbocycles. The van der Waals surface area contributed by atoms with Crippen LogP contribution in [0.5, 0.6) is 0 Å². The first kappa shape index (κ1) is 19.7. The van der Waals surface area contributed by atoms with Gasteiger partial charge in [0.2, 0.25) is 0 Å². The molecule has 7 N–H and O–H groups in total. The summed E-state index contributed by atoms with van der Waals surface area (Å²) >= 11 is 0. The van der Waals surface area contributed by atoms with Crippen LogP contribution < -0.4 is 17.2 Å². The number of aliphatic hydroxyl groups is 1. The first-order valence-corrected chi connectivity index (χ1v) is 7.47. The zero-order valence-corrected chi connectivity index (χ0v) is 13.1. The van der Waals surface area contributed by atoms with Crippen molar-refractivity contribution >= 4 is 0 Å². The van der Waals surface area contributed by atoms with Crippen molar-refractivity contribution in [2.24, 2.45) is 17.2 Å². The molecule has 5 atom stereocenters. The Morgan fingerprint density at radius 3 is 1.82 bits per heavy atom. The quantitative estimate of drug-likeness (QED) is 0.321. The Balaban J connectivity index is 2.90. The lowest BCUT2D eigenvalue weighted by molar-refractivity contribution is -0.315. The van der Waals surface area contributed by atoms with E-state index in [2.05, 4.69) is 0 Å². The summed E-state index contributed by atoms with van der Waals surface area (Å²) < 4.78 is 28.2. The maximum Gasteiger partial charge on any atom is 0.186 e. The van der Waals surface area contributed by atoms with Crippen molar-refractivity contribution in [1.29, 1.82) is 0 Å². The highest BCUT2D eigenvalue weighted by molar-refractivity contribution is 4.92. The molecule has 0 spiro atoms. The number of hydrogen-bond donors (Lipinski definition) is 4. The molecule has 1 rings (SSSR count). The van der Waals surface area contributed by atoms with Crippen LogP contribution in [0.1, 0.15) is 0 Å². The Labute approximate surface area is 130 Å². The third-order valence-corrected chi connectivity index (χ3v) is 3.29. The van der Waals surface area contributed by atoms with Crippen LogP contribution in [-0.4, -0.2) is 89.0 Å². The number of ether oxygens (including phenoxy) is 5. The predicted octanol–water partition coefficient (Wildman–Crippen LogP) is -2.62. The van der Waals surface area contributed by atoms with Crippen molar-refractivity contribution in [3.63, 3.8) is 0 Å². The lowest BCUT2D eigenvalue weighted by Gasteiger charge is -2.45. The summed E-state index contributed by atoms with van der Waals surface area (Å²) in [5, 5.41) is 9.55. The predicted molar refractivity (Wildman–Crippen MR) is 79.1 cm³/mol. The molecule has 22 heavy (non-hydrogen) atoms. The third kappa shape index (κ3) is 5.37. The van der Waals surface area contributed by atoms with Gasteiger partial charge in [0.05, 0.1) is 26.4 Å². The molecule has 1 fully saturated rings. The van der Waals surface area contributed by atoms with E-state index >= 15 is 0 Å². The molecule has 1 aliphatic heterocycles. The van der Waals surface area contributed by atoms with Crippen molar-refractivity contribution in [1.82, 2.24) is 0 Å². The van der Waals surface area contributed by atoms with Gasteiger partial charge < -0.3 is 46.0 Å². The highest BCUT2D eigenvalue weighted by atomic mass is 16.7. The van der Waals surface area contributed by atoms with Crippen LogP contribution in [0.15, 0.2) is 0 Å². The van der Waals surface area contributed by atoms with Gasteiger partial charge in [0.1, 0.15) is 24.4 Å². The molecule has 0 aromatic rings. The minimum absolute atomic E-state index is 0.235. The van der Waals surface area contributed by atoms with E-state index in [1.165, 1.54) is 7.11 Å². The molecule has 0 amide bonds. The molecule has 9 nitrogen and oxygen atoms in total. The number of nitrogens with two attached hydrogens (primary N) is 3. The van der Waals surface area contributed by atoms with Crippen molar-refractivity contribution in [2.45, 2.75) is 30.7 Å². The molecule has 0 saturated carbocycles. The fourth-order valence-corrected chi connectivity index (χ4v) is 2.39. The average Bonchev–Trinajstić information content (AvgIpc) is 2.55. The molecule has 1 heterocycles. The molecule has 0 radical (unpaired) electrons. The van der Waals surface area contributed by atoms with Crippen molar-refractivity contribution in [2.75, 3.05) is 53.2 Å². The summed E-state index contributed by atoms with van der Waals surface area (Å²) in [5.41, 5.74) is 16.5. The van der Waals surface area contributed by atoms with E-state index in [9.17, 15) is 5.11 Å². The normalized spacial score (nSPS) is 32.3. The molecule has 1 saturated heterocycles. The Hall–Kier alpha value is -0.360. The molecule has 0 bridgehead atoms. The Morgan fingerprint density at radius 1 is 0.864 bits per heavy atom. The molecule has 0 aliphatic carbocycles. The topological polar surface area (TPSA) is 144 Å². The van der Waals surface area contributed by atoms with E-state index in [0.717, 1.165) is 0 Å². The number of hydrogen-bond acceptors (Lipinski definition) is 9. The second-order valence-corrected chi connectivity index (χ2v) is 4.83. The van der Waals surface area contributed by atoms with Crippen molar-refractivity contribution < 1.29 is 28.8 Å². The van der Waals surface area contributed by atoms with Gasteiger partial charge in [-0.15, -0.1) is 0 Å². The molecular formula is C13H29N3O6. The summed E-state index contributed by atoms with van der Waals surface area (Å²) in [6, 6.07) is 0. The second-order valence-electron chi connectivity index (χ2n) is 4.83. The third-order valence-electron chi connectivity index (χ3n) is 3.29. The minimum Gasteiger partial charge on any atom is -0.394 e. The van der Waals surface area contributed by atoms with E-state index in [0.29, 0.717) is 39.5 Å². The highest BCUT2D eigenvalue weighted by Gasteiger charge is 2.48. The van der Waals surface area contributed by atoms with Gasteiger partial charge in [0.15, 0.2) is 6.29 Å². The van der Waals surface area contributed by atoms with Gasteiger partial charge in [-0.2, -0.15) is 0 Å². The minimum atomic E-state index is -0.691. The van der Waals surface area contributed by atoms with Gasteiger partial charge in [-0.3, -0.25) is 0 Å².